The topological polar surface area (TPSA) is 71.3 Å². The van der Waals surface area contributed by atoms with E-state index in [-0.39, 0.29) is 6.42 Å². The molecule has 1 rings (SSSR count). The minimum absolute atomic E-state index is 0.288. The molecule has 5 nitrogen and oxygen atoms in total. The number of nitrogens with one attached hydrogen (secondary N) is 1. The number of carbonyl (C=O) groups is 1. The second kappa shape index (κ2) is 6.30. The van der Waals surface area contributed by atoms with Crippen LogP contribution in [0.5, 0.6) is 5.75 Å². The summed E-state index contributed by atoms with van der Waals surface area (Å²) >= 11 is 0. The molecule has 1 aromatic carbocycles. The Labute approximate surface area is 93.5 Å². The Balaban J connectivity index is 2.59. The highest BCUT2D eigenvalue weighted by molar-refractivity contribution is 5.73. The molecule has 0 fully saturated rings. The largest absolute Gasteiger partial charge is 0.492 e. The molecule has 16 heavy (non-hydrogen) atoms. The zero-order chi connectivity index (χ0) is 11.8. The Hall–Kier alpha value is -2.22. The van der Waals surface area contributed by atoms with Crippen LogP contribution >= 0.6 is 0 Å². The van der Waals surface area contributed by atoms with Gasteiger partial charge in [-0.25, -0.2) is 10.3 Å². The van der Waals surface area contributed by atoms with E-state index in [2.05, 4.69) is 10.3 Å². The Morgan fingerprint density at radius 1 is 1.50 bits per heavy atom. The van der Waals surface area contributed by atoms with Crippen molar-refractivity contribution in [3.63, 3.8) is 0 Å². The molecule has 0 heterocycles. The summed E-state index contributed by atoms with van der Waals surface area (Å²) in [5.74, 6) is -0.0384. The van der Waals surface area contributed by atoms with Crippen molar-refractivity contribution in [1.82, 2.24) is 0 Å². The first-order valence-electron chi connectivity index (χ1n) is 4.82. The van der Waals surface area contributed by atoms with Crippen LogP contribution in [0.25, 0.3) is 0 Å². The SMILES string of the molecule is CCOc1ccccc1NOC(=O)CC#N. The minimum Gasteiger partial charge on any atom is -0.492 e. The number of benzene rings is 1. The first-order valence-corrected chi connectivity index (χ1v) is 4.82. The zero-order valence-corrected chi connectivity index (χ0v) is 8.90. The van der Waals surface area contributed by atoms with Gasteiger partial charge in [-0.15, -0.1) is 0 Å². The molecular weight excluding hydrogens is 208 g/mol. The maximum absolute atomic E-state index is 10.9. The fraction of sp³-hybridized carbons (Fsp3) is 0.273. The number of hydrogen-bond donors (Lipinski definition) is 1. The van der Waals surface area contributed by atoms with Crippen LogP contribution in [-0.2, 0) is 9.63 Å². The predicted octanol–water partition coefficient (Wildman–Crippen LogP) is 1.87. The van der Waals surface area contributed by atoms with Gasteiger partial charge in [-0.3, -0.25) is 0 Å². The standard InChI is InChI=1S/C11H12N2O3/c1-2-15-10-6-4-3-5-9(10)13-16-11(14)7-8-12/h3-6,13H,2,7H2,1H3. The van der Waals surface area contributed by atoms with Gasteiger partial charge in [-0.05, 0) is 19.1 Å². The molecule has 0 saturated heterocycles. The molecule has 5 heteroatoms. The average molecular weight is 220 g/mol. The average Bonchev–Trinajstić information content (AvgIpc) is 2.29. The van der Waals surface area contributed by atoms with Gasteiger partial charge in [0.2, 0.25) is 0 Å². The first kappa shape index (κ1) is 11.9. The lowest BCUT2D eigenvalue weighted by atomic mass is 10.3. The van der Waals surface area contributed by atoms with Crippen molar-refractivity contribution in [2.45, 2.75) is 13.3 Å². The summed E-state index contributed by atoms with van der Waals surface area (Å²) in [4.78, 5) is 15.6. The van der Waals surface area contributed by atoms with Crippen LogP contribution in [0.3, 0.4) is 0 Å². The number of ether oxygens (including phenoxy) is 1. The van der Waals surface area contributed by atoms with E-state index in [9.17, 15) is 4.79 Å². The van der Waals surface area contributed by atoms with Crippen molar-refractivity contribution < 1.29 is 14.4 Å². The van der Waals surface area contributed by atoms with Gasteiger partial charge >= 0.3 is 5.97 Å². The molecule has 0 spiro atoms. The molecule has 0 aliphatic carbocycles. The van der Waals surface area contributed by atoms with Gasteiger partial charge in [0.25, 0.3) is 0 Å². The first-order chi connectivity index (χ1) is 7.77. The van der Waals surface area contributed by atoms with Crippen molar-refractivity contribution >= 4 is 11.7 Å². The lowest BCUT2D eigenvalue weighted by Crippen LogP contribution is -2.10. The van der Waals surface area contributed by atoms with Gasteiger partial charge < -0.3 is 9.57 Å². The van der Waals surface area contributed by atoms with Crippen LogP contribution in [0.4, 0.5) is 5.69 Å². The van der Waals surface area contributed by atoms with Crippen LogP contribution in [0.1, 0.15) is 13.3 Å². The van der Waals surface area contributed by atoms with Crippen molar-refractivity contribution in [2.24, 2.45) is 0 Å². The third kappa shape index (κ3) is 3.50. The van der Waals surface area contributed by atoms with Gasteiger partial charge in [0, 0.05) is 0 Å². The van der Waals surface area contributed by atoms with Gasteiger partial charge in [0.1, 0.15) is 17.9 Å². The highest BCUT2D eigenvalue weighted by Crippen LogP contribution is 2.23. The number of rotatable bonds is 5. The van der Waals surface area contributed by atoms with E-state index >= 15 is 0 Å². The predicted molar refractivity (Wildman–Crippen MR) is 57.6 cm³/mol. The Kier molecular flexibility index (Phi) is 4.67. The van der Waals surface area contributed by atoms with E-state index < -0.39 is 5.97 Å². The Bertz CT molecular complexity index is 398. The normalized spacial score (nSPS) is 9.00. The third-order valence-electron chi connectivity index (χ3n) is 1.69. The van der Waals surface area contributed by atoms with Crippen molar-refractivity contribution in [3.05, 3.63) is 24.3 Å². The molecule has 0 saturated carbocycles. The van der Waals surface area contributed by atoms with Crippen LogP contribution in [0.2, 0.25) is 0 Å². The molecule has 0 unspecified atom stereocenters. The van der Waals surface area contributed by atoms with Gasteiger partial charge in [0.15, 0.2) is 0 Å². The van der Waals surface area contributed by atoms with E-state index in [1.807, 2.05) is 13.0 Å². The summed E-state index contributed by atoms with van der Waals surface area (Å²) in [6.45, 7) is 2.38. The monoisotopic (exact) mass is 220 g/mol. The van der Waals surface area contributed by atoms with Crippen molar-refractivity contribution in [3.8, 4) is 11.8 Å². The number of anilines is 1. The number of carbonyl (C=O) groups excluding carboxylic acids is 1. The highest BCUT2D eigenvalue weighted by atomic mass is 16.7. The number of hydrogen-bond acceptors (Lipinski definition) is 5. The van der Waals surface area contributed by atoms with E-state index in [1.54, 1.807) is 24.3 Å². The fourth-order valence-corrected chi connectivity index (χ4v) is 1.04. The molecule has 0 amide bonds. The molecule has 0 aliphatic heterocycles. The molecule has 0 radical (unpaired) electrons. The maximum Gasteiger partial charge on any atom is 0.346 e. The fourth-order valence-electron chi connectivity index (χ4n) is 1.04. The van der Waals surface area contributed by atoms with Crippen LogP contribution < -0.4 is 10.2 Å². The summed E-state index contributed by atoms with van der Waals surface area (Å²) < 4.78 is 5.31. The number of nitrogens with zero attached hydrogens (tertiary/aromatic N) is 1. The highest BCUT2D eigenvalue weighted by Gasteiger charge is 2.05. The molecule has 0 aliphatic rings. The molecular formula is C11H12N2O3. The van der Waals surface area contributed by atoms with Crippen LogP contribution in [-0.4, -0.2) is 12.6 Å². The van der Waals surface area contributed by atoms with E-state index in [4.69, 9.17) is 10.00 Å². The second-order valence-electron chi connectivity index (χ2n) is 2.84. The van der Waals surface area contributed by atoms with Crippen LogP contribution in [0.15, 0.2) is 24.3 Å². The van der Waals surface area contributed by atoms with Gasteiger partial charge in [-0.1, -0.05) is 12.1 Å². The molecule has 0 atom stereocenters. The van der Waals surface area contributed by atoms with Crippen molar-refractivity contribution in [1.29, 1.82) is 5.26 Å². The smallest absolute Gasteiger partial charge is 0.346 e. The zero-order valence-electron chi connectivity index (χ0n) is 8.90. The summed E-state index contributed by atoms with van der Waals surface area (Å²) in [6, 6.07) is 8.76. The maximum atomic E-state index is 10.9. The molecule has 1 N–H and O–H groups in total. The molecule has 0 bridgehead atoms. The van der Waals surface area contributed by atoms with Gasteiger partial charge in [-0.2, -0.15) is 5.26 Å². The minimum atomic E-state index is -0.631. The number of para-hydroxylation sites is 2. The Morgan fingerprint density at radius 2 is 2.25 bits per heavy atom. The summed E-state index contributed by atoms with van der Waals surface area (Å²) in [7, 11) is 0. The summed E-state index contributed by atoms with van der Waals surface area (Å²) in [6.07, 6.45) is -0.288. The van der Waals surface area contributed by atoms with Crippen molar-refractivity contribution in [2.75, 3.05) is 12.1 Å². The lowest BCUT2D eigenvalue weighted by molar-refractivity contribution is -0.139. The van der Waals surface area contributed by atoms with E-state index in [0.717, 1.165) is 0 Å². The lowest BCUT2D eigenvalue weighted by Gasteiger charge is -2.10. The summed E-state index contributed by atoms with van der Waals surface area (Å²) in [5, 5.41) is 8.27. The van der Waals surface area contributed by atoms with Gasteiger partial charge in [0.05, 0.1) is 12.7 Å². The molecule has 84 valence electrons. The van der Waals surface area contributed by atoms with E-state index in [0.29, 0.717) is 18.0 Å². The Morgan fingerprint density at radius 3 is 2.94 bits per heavy atom. The molecule has 1 aromatic rings. The van der Waals surface area contributed by atoms with E-state index in [1.165, 1.54) is 0 Å². The quantitative estimate of drug-likeness (QED) is 0.767. The van der Waals surface area contributed by atoms with Crippen LogP contribution in [0, 0.1) is 11.3 Å². The number of nitriles is 1. The second-order valence-corrected chi connectivity index (χ2v) is 2.84. The molecule has 0 aromatic heterocycles. The third-order valence-corrected chi connectivity index (χ3v) is 1.69. The summed E-state index contributed by atoms with van der Waals surface area (Å²) in [5.41, 5.74) is 3.01.